The first-order chi connectivity index (χ1) is 18.9. The fourth-order valence-electron chi connectivity index (χ4n) is 5.54. The number of nitrogens with one attached hydrogen (secondary N) is 1. The summed E-state index contributed by atoms with van der Waals surface area (Å²) in [5.41, 5.74) is 2.92. The predicted octanol–water partition coefficient (Wildman–Crippen LogP) is 6.37. The number of piperidine rings is 1. The van der Waals surface area contributed by atoms with E-state index in [-0.39, 0.29) is 29.8 Å². The molecule has 0 bridgehead atoms. The van der Waals surface area contributed by atoms with Crippen LogP contribution in [0, 0.1) is 0 Å². The van der Waals surface area contributed by atoms with Gasteiger partial charge in [-0.3, -0.25) is 4.79 Å². The molecular formula is C30H33Cl3N6O. The van der Waals surface area contributed by atoms with E-state index >= 15 is 0 Å². The summed E-state index contributed by atoms with van der Waals surface area (Å²) in [4.78, 5) is 14.6. The number of rotatable bonds is 9. The van der Waals surface area contributed by atoms with Gasteiger partial charge in [-0.2, -0.15) is 0 Å². The highest BCUT2D eigenvalue weighted by Crippen LogP contribution is 2.34. The number of tetrazole rings is 1. The van der Waals surface area contributed by atoms with Gasteiger partial charge in [0.05, 0.1) is 22.1 Å². The second-order valence-electron chi connectivity index (χ2n) is 10.2. The van der Waals surface area contributed by atoms with Gasteiger partial charge >= 0.3 is 0 Å². The van der Waals surface area contributed by atoms with Crippen molar-refractivity contribution in [2.75, 3.05) is 19.6 Å². The molecule has 1 N–H and O–H groups in total. The summed E-state index contributed by atoms with van der Waals surface area (Å²) in [6.07, 6.45) is 2.61. The summed E-state index contributed by atoms with van der Waals surface area (Å²) in [6.45, 7) is 4.90. The summed E-state index contributed by atoms with van der Waals surface area (Å²) < 4.78 is 1.87. The SMILES string of the molecule is CC(=O)NC1(c2ccccc2)CCN(CCC(Cn2nnnc2-c2ccccc2)c2ccc(Cl)c(Cl)c2)CC1.Cl. The van der Waals surface area contributed by atoms with Crippen LogP contribution in [0.1, 0.15) is 43.2 Å². The molecule has 1 amide bonds. The number of carbonyl (C=O) groups excluding carboxylic acids is 1. The Bertz CT molecular complexity index is 1390. The highest BCUT2D eigenvalue weighted by molar-refractivity contribution is 6.42. The fourth-order valence-corrected chi connectivity index (χ4v) is 5.84. The zero-order valence-corrected chi connectivity index (χ0v) is 24.7. The van der Waals surface area contributed by atoms with Crippen molar-refractivity contribution in [1.82, 2.24) is 30.4 Å². The molecule has 0 radical (unpaired) electrons. The molecule has 40 heavy (non-hydrogen) atoms. The van der Waals surface area contributed by atoms with Crippen LogP contribution < -0.4 is 5.32 Å². The Labute approximate surface area is 251 Å². The van der Waals surface area contributed by atoms with Crippen LogP contribution in [-0.2, 0) is 16.9 Å². The standard InChI is InChI=1S/C30H32Cl2N6O.ClH/c1-22(39)33-30(26-10-6-3-7-11-26)15-18-37(19-16-30)17-14-25(24-12-13-27(31)28(32)20-24)21-38-29(34-35-36-38)23-8-4-2-5-9-23;/h2-13,20,25H,14-19,21H2,1H3,(H,33,39);1H. The number of nitrogens with zero attached hydrogens (tertiary/aromatic N) is 5. The highest BCUT2D eigenvalue weighted by atomic mass is 35.5. The van der Waals surface area contributed by atoms with E-state index in [4.69, 9.17) is 23.2 Å². The van der Waals surface area contributed by atoms with Crippen LogP contribution in [0.2, 0.25) is 10.0 Å². The molecule has 10 heteroatoms. The van der Waals surface area contributed by atoms with Gasteiger partial charge in [-0.1, -0.05) is 89.9 Å². The maximum Gasteiger partial charge on any atom is 0.217 e. The third-order valence-electron chi connectivity index (χ3n) is 7.62. The van der Waals surface area contributed by atoms with Crippen molar-refractivity contribution in [2.24, 2.45) is 0 Å². The zero-order valence-electron chi connectivity index (χ0n) is 22.3. The quantitative estimate of drug-likeness (QED) is 0.242. The van der Waals surface area contributed by atoms with Crippen LogP contribution in [0.25, 0.3) is 11.4 Å². The Morgan fingerprint density at radius 3 is 2.30 bits per heavy atom. The van der Waals surface area contributed by atoms with Crippen molar-refractivity contribution in [3.05, 3.63) is 100 Å². The number of amides is 1. The molecule has 1 aliphatic heterocycles. The molecule has 1 aromatic heterocycles. The average molecular weight is 600 g/mol. The molecule has 1 fully saturated rings. The van der Waals surface area contributed by atoms with E-state index < -0.39 is 0 Å². The lowest BCUT2D eigenvalue weighted by atomic mass is 9.80. The largest absolute Gasteiger partial charge is 0.347 e. The molecular weight excluding hydrogens is 567 g/mol. The minimum atomic E-state index is -0.330. The van der Waals surface area contributed by atoms with E-state index in [2.05, 4.69) is 37.9 Å². The van der Waals surface area contributed by atoms with E-state index in [1.54, 1.807) is 6.92 Å². The van der Waals surface area contributed by atoms with Crippen molar-refractivity contribution in [3.63, 3.8) is 0 Å². The summed E-state index contributed by atoms with van der Waals surface area (Å²) in [5.74, 6) is 0.867. The summed E-state index contributed by atoms with van der Waals surface area (Å²) in [7, 11) is 0. The smallest absolute Gasteiger partial charge is 0.217 e. The lowest BCUT2D eigenvalue weighted by Gasteiger charge is -2.43. The Morgan fingerprint density at radius 2 is 1.65 bits per heavy atom. The van der Waals surface area contributed by atoms with Gasteiger partial charge in [0.15, 0.2) is 5.82 Å². The van der Waals surface area contributed by atoms with Crippen molar-refractivity contribution in [3.8, 4) is 11.4 Å². The van der Waals surface area contributed by atoms with Crippen LogP contribution in [0.5, 0.6) is 0 Å². The summed E-state index contributed by atoms with van der Waals surface area (Å²) in [5, 5.41) is 16.9. The lowest BCUT2D eigenvalue weighted by Crippen LogP contribution is -2.52. The maximum absolute atomic E-state index is 12.1. The number of aromatic nitrogens is 4. The molecule has 3 aromatic carbocycles. The topological polar surface area (TPSA) is 75.9 Å². The third kappa shape index (κ3) is 7.02. The maximum atomic E-state index is 12.1. The van der Waals surface area contributed by atoms with Gasteiger partial charge in [0, 0.05) is 31.5 Å². The van der Waals surface area contributed by atoms with E-state index in [1.807, 2.05) is 71.4 Å². The van der Waals surface area contributed by atoms with Gasteiger partial charge in [-0.15, -0.1) is 17.5 Å². The highest BCUT2D eigenvalue weighted by Gasteiger charge is 2.37. The lowest BCUT2D eigenvalue weighted by molar-refractivity contribution is -0.121. The third-order valence-corrected chi connectivity index (χ3v) is 8.36. The van der Waals surface area contributed by atoms with Gasteiger partial charge in [-0.05, 0) is 59.5 Å². The molecule has 0 saturated carbocycles. The van der Waals surface area contributed by atoms with E-state index in [0.29, 0.717) is 16.6 Å². The second-order valence-corrected chi connectivity index (χ2v) is 11.0. The van der Waals surface area contributed by atoms with Gasteiger partial charge in [0.1, 0.15) is 0 Å². The molecule has 1 unspecified atom stereocenters. The van der Waals surface area contributed by atoms with Crippen LogP contribution in [0.4, 0.5) is 0 Å². The molecule has 7 nitrogen and oxygen atoms in total. The van der Waals surface area contributed by atoms with Crippen molar-refractivity contribution in [1.29, 1.82) is 0 Å². The van der Waals surface area contributed by atoms with Gasteiger partial charge in [0.25, 0.3) is 0 Å². The van der Waals surface area contributed by atoms with Crippen molar-refractivity contribution < 1.29 is 4.79 Å². The Kier molecular flexibility index (Phi) is 10.2. The van der Waals surface area contributed by atoms with E-state index in [1.165, 1.54) is 5.56 Å². The Balaban J connectivity index is 0.00000370. The molecule has 2 heterocycles. The van der Waals surface area contributed by atoms with Gasteiger partial charge < -0.3 is 10.2 Å². The molecule has 0 spiro atoms. The molecule has 1 aliphatic rings. The average Bonchev–Trinajstić information content (AvgIpc) is 3.42. The molecule has 0 aliphatic carbocycles. The summed E-state index contributed by atoms with van der Waals surface area (Å²) in [6, 6.07) is 26.1. The molecule has 5 rings (SSSR count). The van der Waals surface area contributed by atoms with Crippen LogP contribution >= 0.6 is 35.6 Å². The number of hydrogen-bond donors (Lipinski definition) is 1. The second kappa shape index (κ2) is 13.6. The van der Waals surface area contributed by atoms with Gasteiger partial charge in [-0.25, -0.2) is 4.68 Å². The van der Waals surface area contributed by atoms with E-state index in [0.717, 1.165) is 55.8 Å². The summed E-state index contributed by atoms with van der Waals surface area (Å²) >= 11 is 12.7. The van der Waals surface area contributed by atoms with Crippen LogP contribution in [0.15, 0.2) is 78.9 Å². The van der Waals surface area contributed by atoms with Crippen LogP contribution in [-0.4, -0.2) is 50.6 Å². The molecule has 1 atom stereocenters. The Morgan fingerprint density at radius 1 is 0.975 bits per heavy atom. The number of halogens is 3. The minimum absolute atomic E-state index is 0. The number of likely N-dealkylation sites (tertiary alicyclic amines) is 1. The molecule has 4 aromatic rings. The van der Waals surface area contributed by atoms with Crippen molar-refractivity contribution in [2.45, 2.75) is 44.2 Å². The number of carbonyl (C=O) groups is 1. The Hall–Kier alpha value is -2.97. The first-order valence-electron chi connectivity index (χ1n) is 13.3. The van der Waals surface area contributed by atoms with Crippen LogP contribution in [0.3, 0.4) is 0 Å². The van der Waals surface area contributed by atoms with Gasteiger partial charge in [0.2, 0.25) is 5.91 Å². The first-order valence-corrected chi connectivity index (χ1v) is 14.0. The van der Waals surface area contributed by atoms with E-state index in [9.17, 15) is 4.79 Å². The van der Waals surface area contributed by atoms with Crippen molar-refractivity contribution >= 4 is 41.5 Å². The monoisotopic (exact) mass is 598 g/mol. The molecule has 210 valence electrons. The first kappa shape index (κ1) is 30.0. The normalized spacial score (nSPS) is 15.7. The number of hydrogen-bond acceptors (Lipinski definition) is 5. The minimum Gasteiger partial charge on any atom is -0.347 e. The number of benzene rings is 3. The predicted molar refractivity (Wildman–Crippen MR) is 162 cm³/mol. The zero-order chi connectivity index (χ0) is 27.2. The fraction of sp³-hybridized carbons (Fsp3) is 0.333. The molecule has 1 saturated heterocycles.